The molecule has 0 N–H and O–H groups in total. The third-order valence-electron chi connectivity index (χ3n) is 5.26. The van der Waals surface area contributed by atoms with Crippen molar-refractivity contribution in [3.05, 3.63) is 60.7 Å². The highest BCUT2D eigenvalue weighted by Crippen LogP contribution is 2.38. The van der Waals surface area contributed by atoms with Crippen LogP contribution < -0.4 is 10.4 Å². The first-order valence-corrected chi connectivity index (χ1v) is 10.6. The molecule has 2 heteroatoms. The third-order valence-corrected chi connectivity index (χ3v) is 7.54. The summed E-state index contributed by atoms with van der Waals surface area (Å²) in [5.74, 6) is 0.835. The summed E-state index contributed by atoms with van der Waals surface area (Å²) in [6.45, 7) is 7.13. The molecule has 127 valence electrons. The second kappa shape index (κ2) is 7.67. The quantitative estimate of drug-likeness (QED) is 0.751. The van der Waals surface area contributed by atoms with E-state index in [1.165, 1.54) is 36.1 Å². The van der Waals surface area contributed by atoms with Gasteiger partial charge in [-0.2, -0.15) is 0 Å². The van der Waals surface area contributed by atoms with E-state index in [2.05, 4.69) is 81.4 Å². The summed E-state index contributed by atoms with van der Waals surface area (Å²) in [6, 6.07) is 21.6. The van der Waals surface area contributed by atoms with Gasteiger partial charge < -0.3 is 4.43 Å². The first-order valence-electron chi connectivity index (χ1n) is 9.18. The van der Waals surface area contributed by atoms with E-state index in [-0.39, 0.29) is 0 Å². The second-order valence-corrected chi connectivity index (χ2v) is 10.1. The van der Waals surface area contributed by atoms with Crippen LogP contribution in [0.2, 0.25) is 0 Å². The lowest BCUT2D eigenvalue weighted by atomic mass is 9.72. The van der Waals surface area contributed by atoms with Crippen LogP contribution in [0.25, 0.3) is 0 Å². The first-order chi connectivity index (χ1) is 11.5. The molecule has 0 spiro atoms. The predicted molar refractivity (Wildman–Crippen MR) is 104 cm³/mol. The zero-order chi connectivity index (χ0) is 17.0. The Labute approximate surface area is 148 Å². The van der Waals surface area contributed by atoms with E-state index < -0.39 is 9.04 Å². The van der Waals surface area contributed by atoms with Gasteiger partial charge in [-0.25, -0.2) is 0 Å². The van der Waals surface area contributed by atoms with Gasteiger partial charge >= 0.3 is 0 Å². The molecule has 1 aliphatic carbocycles. The molecule has 0 aliphatic heterocycles. The lowest BCUT2D eigenvalue weighted by Crippen LogP contribution is -2.48. The second-order valence-electron chi connectivity index (χ2n) is 8.02. The minimum Gasteiger partial charge on any atom is -0.404 e. The zero-order valence-electron chi connectivity index (χ0n) is 15.2. The van der Waals surface area contributed by atoms with Gasteiger partial charge in [0, 0.05) is 6.10 Å². The van der Waals surface area contributed by atoms with Crippen LogP contribution in [0.5, 0.6) is 0 Å². The summed E-state index contributed by atoms with van der Waals surface area (Å²) in [4.78, 5) is 0. The molecule has 1 aliphatic rings. The fourth-order valence-corrected chi connectivity index (χ4v) is 5.86. The number of rotatable bonds is 4. The van der Waals surface area contributed by atoms with E-state index in [0.29, 0.717) is 11.5 Å². The number of hydrogen-bond acceptors (Lipinski definition) is 1. The molecule has 0 atom stereocenters. The Bertz CT molecular complexity index is 570. The average Bonchev–Trinajstić information content (AvgIpc) is 2.61. The smallest absolute Gasteiger partial charge is 0.283 e. The molecular formula is C22H29OSi. The Hall–Kier alpha value is -1.38. The normalized spacial score (nSPS) is 21.8. The van der Waals surface area contributed by atoms with Crippen molar-refractivity contribution in [1.82, 2.24) is 0 Å². The molecule has 2 aromatic carbocycles. The molecule has 0 aromatic heterocycles. The van der Waals surface area contributed by atoms with Crippen molar-refractivity contribution < 1.29 is 4.43 Å². The minimum absolute atomic E-state index is 0.415. The summed E-state index contributed by atoms with van der Waals surface area (Å²) in [5, 5.41) is 2.71. The maximum atomic E-state index is 6.73. The molecule has 24 heavy (non-hydrogen) atoms. The summed E-state index contributed by atoms with van der Waals surface area (Å²) in [5.41, 5.74) is 0.428. The summed E-state index contributed by atoms with van der Waals surface area (Å²) in [7, 11) is -1.15. The molecule has 0 unspecified atom stereocenters. The Morgan fingerprint density at radius 1 is 0.750 bits per heavy atom. The van der Waals surface area contributed by atoms with Gasteiger partial charge in [0.05, 0.1) is 0 Å². The lowest BCUT2D eigenvalue weighted by molar-refractivity contribution is 0.0900. The molecular weight excluding hydrogens is 308 g/mol. The molecule has 3 rings (SSSR count). The molecule has 1 saturated carbocycles. The van der Waals surface area contributed by atoms with Crippen molar-refractivity contribution >= 4 is 19.4 Å². The van der Waals surface area contributed by atoms with Crippen molar-refractivity contribution in [3.8, 4) is 0 Å². The molecule has 0 amide bonds. The molecule has 0 heterocycles. The van der Waals surface area contributed by atoms with Gasteiger partial charge in [-0.1, -0.05) is 81.4 Å². The molecule has 2 aromatic rings. The fraction of sp³-hybridized carbons (Fsp3) is 0.455. The van der Waals surface area contributed by atoms with Crippen molar-refractivity contribution in [3.63, 3.8) is 0 Å². The van der Waals surface area contributed by atoms with Crippen LogP contribution in [0.4, 0.5) is 0 Å². The standard InChI is InChI=1S/C22H29OSi/c1-22(2,3)18-14-16-19(17-15-18)23-24(20-10-6-4-7-11-20)21-12-8-5-9-13-21/h4-13,18-19H,14-17H2,1-3H3. The molecule has 0 bridgehead atoms. The van der Waals surface area contributed by atoms with E-state index in [4.69, 9.17) is 4.43 Å². The number of hydrogen-bond donors (Lipinski definition) is 0. The monoisotopic (exact) mass is 337 g/mol. The van der Waals surface area contributed by atoms with Gasteiger partial charge in [0.2, 0.25) is 0 Å². The van der Waals surface area contributed by atoms with Gasteiger partial charge in [-0.05, 0) is 47.4 Å². The van der Waals surface area contributed by atoms with Crippen molar-refractivity contribution in [1.29, 1.82) is 0 Å². The summed E-state index contributed by atoms with van der Waals surface area (Å²) < 4.78 is 6.73. The van der Waals surface area contributed by atoms with Crippen LogP contribution in [-0.2, 0) is 4.43 Å². The highest BCUT2D eigenvalue weighted by atomic mass is 28.3. The first kappa shape index (κ1) is 17.4. The Kier molecular flexibility index (Phi) is 5.57. The van der Waals surface area contributed by atoms with E-state index in [1.54, 1.807) is 0 Å². The molecule has 0 saturated heterocycles. The highest BCUT2D eigenvalue weighted by molar-refractivity contribution is 6.80. The van der Waals surface area contributed by atoms with Crippen LogP contribution in [0.3, 0.4) is 0 Å². The average molecular weight is 338 g/mol. The Morgan fingerprint density at radius 2 is 1.21 bits per heavy atom. The van der Waals surface area contributed by atoms with Gasteiger partial charge in [-0.15, -0.1) is 0 Å². The minimum atomic E-state index is -1.15. The fourth-order valence-electron chi connectivity index (χ4n) is 3.70. The van der Waals surface area contributed by atoms with Crippen molar-refractivity contribution in [2.24, 2.45) is 11.3 Å². The Balaban J connectivity index is 1.72. The van der Waals surface area contributed by atoms with Crippen LogP contribution in [0.1, 0.15) is 46.5 Å². The molecule has 1 fully saturated rings. The summed E-state index contributed by atoms with van der Waals surface area (Å²) >= 11 is 0. The summed E-state index contributed by atoms with van der Waals surface area (Å²) in [6.07, 6.45) is 5.42. The van der Waals surface area contributed by atoms with E-state index in [1.807, 2.05) is 0 Å². The number of benzene rings is 2. The third kappa shape index (κ3) is 4.37. The zero-order valence-corrected chi connectivity index (χ0v) is 16.2. The largest absolute Gasteiger partial charge is 0.404 e. The highest BCUT2D eigenvalue weighted by Gasteiger charge is 2.32. The van der Waals surface area contributed by atoms with Crippen LogP contribution >= 0.6 is 0 Å². The van der Waals surface area contributed by atoms with Crippen LogP contribution in [-0.4, -0.2) is 15.1 Å². The van der Waals surface area contributed by atoms with E-state index in [9.17, 15) is 0 Å². The van der Waals surface area contributed by atoms with Crippen molar-refractivity contribution in [2.75, 3.05) is 0 Å². The van der Waals surface area contributed by atoms with E-state index in [0.717, 1.165) is 5.92 Å². The van der Waals surface area contributed by atoms with Gasteiger partial charge in [0.25, 0.3) is 9.04 Å². The van der Waals surface area contributed by atoms with Crippen LogP contribution in [0.15, 0.2) is 60.7 Å². The SMILES string of the molecule is CC(C)(C)C1CCC(O[Si](c2ccccc2)c2ccccc2)CC1. The van der Waals surface area contributed by atoms with Crippen molar-refractivity contribution in [2.45, 2.75) is 52.6 Å². The van der Waals surface area contributed by atoms with Crippen LogP contribution in [0, 0.1) is 11.3 Å². The molecule has 1 nitrogen and oxygen atoms in total. The maximum absolute atomic E-state index is 6.73. The predicted octanol–water partition coefficient (Wildman–Crippen LogP) is 4.41. The topological polar surface area (TPSA) is 9.23 Å². The van der Waals surface area contributed by atoms with Gasteiger partial charge in [0.15, 0.2) is 0 Å². The van der Waals surface area contributed by atoms with Gasteiger partial charge in [0.1, 0.15) is 0 Å². The molecule has 1 radical (unpaired) electrons. The Morgan fingerprint density at radius 3 is 1.62 bits per heavy atom. The lowest BCUT2D eigenvalue weighted by Gasteiger charge is -2.37. The van der Waals surface area contributed by atoms with E-state index >= 15 is 0 Å². The maximum Gasteiger partial charge on any atom is 0.283 e. The van der Waals surface area contributed by atoms with Gasteiger partial charge in [-0.3, -0.25) is 0 Å².